The lowest BCUT2D eigenvalue weighted by atomic mass is 10.0. The van der Waals surface area contributed by atoms with Crippen LogP contribution in [0.25, 0.3) is 0 Å². The van der Waals surface area contributed by atoms with Gasteiger partial charge in [0.05, 0.1) is 3.79 Å². The van der Waals surface area contributed by atoms with Crippen LogP contribution < -0.4 is 5.32 Å². The molecule has 2 rings (SSSR count). The van der Waals surface area contributed by atoms with E-state index in [4.69, 9.17) is 0 Å². The quantitative estimate of drug-likeness (QED) is 0.824. The fraction of sp³-hybridized carbons (Fsp3) is 0.286. The molecular formula is C14H15BrFNS. The smallest absolute Gasteiger partial charge is 0.123 e. The number of nitrogens with one attached hydrogen (secondary N) is 1. The van der Waals surface area contributed by atoms with Crippen LogP contribution in [0.2, 0.25) is 0 Å². The van der Waals surface area contributed by atoms with E-state index in [-0.39, 0.29) is 11.9 Å². The number of thiophene rings is 1. The first-order valence-electron chi connectivity index (χ1n) is 5.92. The van der Waals surface area contributed by atoms with Crippen LogP contribution in [0.1, 0.15) is 29.8 Å². The standard InChI is InChI=1S/C14H15BrFNS/c1-2-13(10-4-3-5-11(16)8-10)17-9-12-6-7-14(15)18-12/h3-8,13,17H,2,9H2,1H3. The Morgan fingerprint density at radius 2 is 2.17 bits per heavy atom. The minimum absolute atomic E-state index is 0.174. The van der Waals surface area contributed by atoms with E-state index in [1.807, 2.05) is 12.1 Å². The van der Waals surface area contributed by atoms with Gasteiger partial charge in [-0.2, -0.15) is 0 Å². The van der Waals surface area contributed by atoms with Crippen LogP contribution in [-0.2, 0) is 6.54 Å². The van der Waals surface area contributed by atoms with E-state index in [1.165, 1.54) is 10.9 Å². The van der Waals surface area contributed by atoms with Crippen molar-refractivity contribution in [1.29, 1.82) is 0 Å². The Kier molecular flexibility index (Phi) is 4.92. The Morgan fingerprint density at radius 3 is 2.78 bits per heavy atom. The van der Waals surface area contributed by atoms with Gasteiger partial charge in [0.1, 0.15) is 5.82 Å². The zero-order valence-electron chi connectivity index (χ0n) is 10.1. The fourth-order valence-corrected chi connectivity index (χ4v) is 3.33. The molecule has 0 fully saturated rings. The van der Waals surface area contributed by atoms with E-state index in [0.29, 0.717) is 0 Å². The molecule has 18 heavy (non-hydrogen) atoms. The van der Waals surface area contributed by atoms with Gasteiger partial charge in [-0.3, -0.25) is 0 Å². The van der Waals surface area contributed by atoms with Crippen LogP contribution in [0.3, 0.4) is 0 Å². The second kappa shape index (κ2) is 6.45. The molecule has 0 radical (unpaired) electrons. The van der Waals surface area contributed by atoms with Crippen molar-refractivity contribution in [2.24, 2.45) is 0 Å². The number of hydrogen-bond acceptors (Lipinski definition) is 2. The van der Waals surface area contributed by atoms with E-state index >= 15 is 0 Å². The van der Waals surface area contributed by atoms with Gasteiger partial charge < -0.3 is 5.32 Å². The molecule has 4 heteroatoms. The Labute approximate surface area is 119 Å². The van der Waals surface area contributed by atoms with Gasteiger partial charge in [-0.15, -0.1) is 11.3 Å². The SMILES string of the molecule is CCC(NCc1ccc(Br)s1)c1cccc(F)c1. The van der Waals surface area contributed by atoms with E-state index in [9.17, 15) is 4.39 Å². The van der Waals surface area contributed by atoms with Crippen molar-refractivity contribution in [1.82, 2.24) is 5.32 Å². The lowest BCUT2D eigenvalue weighted by Crippen LogP contribution is -2.19. The zero-order chi connectivity index (χ0) is 13.0. The molecule has 0 aliphatic carbocycles. The number of hydrogen-bond donors (Lipinski definition) is 1. The van der Waals surface area contributed by atoms with Gasteiger partial charge >= 0.3 is 0 Å². The molecule has 1 N–H and O–H groups in total. The molecule has 1 aromatic carbocycles. The van der Waals surface area contributed by atoms with Gasteiger partial charge in [0.15, 0.2) is 0 Å². The summed E-state index contributed by atoms with van der Waals surface area (Å²) >= 11 is 5.17. The molecular weight excluding hydrogens is 313 g/mol. The number of rotatable bonds is 5. The van der Waals surface area contributed by atoms with Gasteiger partial charge in [0.25, 0.3) is 0 Å². The predicted molar refractivity (Wildman–Crippen MR) is 78.3 cm³/mol. The van der Waals surface area contributed by atoms with Crippen molar-refractivity contribution < 1.29 is 4.39 Å². The van der Waals surface area contributed by atoms with Crippen molar-refractivity contribution in [3.8, 4) is 0 Å². The third-order valence-corrected chi connectivity index (χ3v) is 4.43. The first-order chi connectivity index (χ1) is 8.69. The topological polar surface area (TPSA) is 12.0 Å². The van der Waals surface area contributed by atoms with Crippen molar-refractivity contribution in [2.45, 2.75) is 25.9 Å². The summed E-state index contributed by atoms with van der Waals surface area (Å²) in [6.07, 6.45) is 0.940. The van der Waals surface area contributed by atoms with Crippen molar-refractivity contribution in [2.75, 3.05) is 0 Å². The maximum atomic E-state index is 13.2. The molecule has 0 saturated carbocycles. The molecule has 1 aromatic heterocycles. The molecule has 1 heterocycles. The largest absolute Gasteiger partial charge is 0.305 e. The second-order valence-corrected chi connectivity index (χ2v) is 6.65. The molecule has 0 aliphatic heterocycles. The van der Waals surface area contributed by atoms with E-state index < -0.39 is 0 Å². The van der Waals surface area contributed by atoms with Crippen LogP contribution in [0.15, 0.2) is 40.2 Å². The first kappa shape index (κ1) is 13.7. The highest BCUT2D eigenvalue weighted by molar-refractivity contribution is 9.11. The highest BCUT2D eigenvalue weighted by Gasteiger charge is 2.09. The molecule has 0 saturated heterocycles. The van der Waals surface area contributed by atoms with Gasteiger partial charge in [-0.25, -0.2) is 4.39 Å². The Hall–Kier alpha value is -0.710. The van der Waals surface area contributed by atoms with E-state index in [1.54, 1.807) is 23.5 Å². The summed E-state index contributed by atoms with van der Waals surface area (Å²) < 4.78 is 14.3. The molecule has 1 unspecified atom stereocenters. The lowest BCUT2D eigenvalue weighted by Gasteiger charge is -2.17. The highest BCUT2D eigenvalue weighted by Crippen LogP contribution is 2.23. The third-order valence-electron chi connectivity index (χ3n) is 2.81. The summed E-state index contributed by atoms with van der Waals surface area (Å²) in [5.41, 5.74) is 1.01. The summed E-state index contributed by atoms with van der Waals surface area (Å²) in [4.78, 5) is 1.27. The van der Waals surface area contributed by atoms with Crippen LogP contribution in [0, 0.1) is 5.82 Å². The maximum Gasteiger partial charge on any atom is 0.123 e. The van der Waals surface area contributed by atoms with Crippen LogP contribution in [-0.4, -0.2) is 0 Å². The van der Waals surface area contributed by atoms with Gasteiger partial charge in [0.2, 0.25) is 0 Å². The normalized spacial score (nSPS) is 12.6. The van der Waals surface area contributed by atoms with E-state index in [0.717, 1.165) is 22.3 Å². The second-order valence-electron chi connectivity index (χ2n) is 4.10. The Balaban J connectivity index is 2.01. The molecule has 0 bridgehead atoms. The molecule has 0 spiro atoms. The first-order valence-corrected chi connectivity index (χ1v) is 7.53. The summed E-state index contributed by atoms with van der Waals surface area (Å²) in [5.74, 6) is -0.174. The van der Waals surface area contributed by atoms with E-state index in [2.05, 4.69) is 34.2 Å². The summed E-state index contributed by atoms with van der Waals surface area (Å²) in [7, 11) is 0. The number of benzene rings is 1. The minimum atomic E-state index is -0.174. The lowest BCUT2D eigenvalue weighted by molar-refractivity contribution is 0.517. The summed E-state index contributed by atoms with van der Waals surface area (Å²) in [6, 6.07) is 11.1. The fourth-order valence-electron chi connectivity index (χ4n) is 1.89. The highest BCUT2D eigenvalue weighted by atomic mass is 79.9. The molecule has 1 nitrogen and oxygen atoms in total. The average Bonchev–Trinajstić information content (AvgIpc) is 2.76. The van der Waals surface area contributed by atoms with Gasteiger partial charge in [-0.1, -0.05) is 19.1 Å². The minimum Gasteiger partial charge on any atom is -0.305 e. The zero-order valence-corrected chi connectivity index (χ0v) is 12.5. The molecule has 96 valence electrons. The third kappa shape index (κ3) is 3.64. The van der Waals surface area contributed by atoms with Crippen LogP contribution in [0.4, 0.5) is 4.39 Å². The van der Waals surface area contributed by atoms with Gasteiger partial charge in [-0.05, 0) is 52.2 Å². The molecule has 0 amide bonds. The van der Waals surface area contributed by atoms with Crippen molar-refractivity contribution in [3.05, 3.63) is 56.4 Å². The van der Waals surface area contributed by atoms with Crippen molar-refractivity contribution in [3.63, 3.8) is 0 Å². The summed E-state index contributed by atoms with van der Waals surface area (Å²) in [6.45, 7) is 2.91. The maximum absolute atomic E-state index is 13.2. The van der Waals surface area contributed by atoms with Crippen molar-refractivity contribution >= 4 is 27.3 Å². The summed E-state index contributed by atoms with van der Waals surface area (Å²) in [5, 5.41) is 3.47. The molecule has 2 aromatic rings. The number of halogens is 2. The predicted octanol–water partition coefficient (Wildman–Crippen LogP) is 4.89. The molecule has 1 atom stereocenters. The molecule has 0 aliphatic rings. The van der Waals surface area contributed by atoms with Crippen LogP contribution in [0.5, 0.6) is 0 Å². The average molecular weight is 328 g/mol. The Morgan fingerprint density at radius 1 is 1.33 bits per heavy atom. The monoisotopic (exact) mass is 327 g/mol. The van der Waals surface area contributed by atoms with Crippen LogP contribution >= 0.6 is 27.3 Å². The Bertz CT molecular complexity index is 512. The van der Waals surface area contributed by atoms with Gasteiger partial charge in [0, 0.05) is 17.5 Å².